The van der Waals surface area contributed by atoms with Crippen molar-refractivity contribution < 1.29 is 5.11 Å². The predicted molar refractivity (Wildman–Crippen MR) is 103 cm³/mol. The van der Waals surface area contributed by atoms with Gasteiger partial charge in [0, 0.05) is 23.1 Å². The first-order chi connectivity index (χ1) is 12.1. The number of fused-ring (bicyclic) bond motifs is 1. The molecule has 1 aromatic heterocycles. The molecule has 1 saturated heterocycles. The van der Waals surface area contributed by atoms with Gasteiger partial charge < -0.3 is 14.6 Å². The van der Waals surface area contributed by atoms with Crippen molar-refractivity contribution in [1.29, 1.82) is 0 Å². The summed E-state index contributed by atoms with van der Waals surface area (Å²) in [6, 6.07) is 13.7. The number of benzene rings is 2. The Morgan fingerprint density at radius 3 is 2.80 bits per heavy atom. The second-order valence-corrected chi connectivity index (χ2v) is 7.31. The lowest BCUT2D eigenvalue weighted by atomic mass is 10.1. The Bertz CT molecular complexity index is 909. The van der Waals surface area contributed by atoms with E-state index in [2.05, 4.69) is 15.5 Å². The van der Waals surface area contributed by atoms with E-state index in [-0.39, 0.29) is 6.10 Å². The molecule has 1 N–H and O–H groups in total. The maximum Gasteiger partial charge on any atom is 0.206 e. The molecule has 0 bridgehead atoms. The van der Waals surface area contributed by atoms with Crippen LogP contribution in [0.1, 0.15) is 18.4 Å². The number of aliphatic hydroxyl groups is 1. The van der Waals surface area contributed by atoms with E-state index in [9.17, 15) is 5.11 Å². The number of hydrogen-bond acceptors (Lipinski definition) is 3. The summed E-state index contributed by atoms with van der Waals surface area (Å²) in [5.41, 5.74) is 3.00. The van der Waals surface area contributed by atoms with Gasteiger partial charge in [-0.3, -0.25) is 0 Å². The number of piperidine rings is 1. The topological polar surface area (TPSA) is 41.3 Å². The lowest BCUT2D eigenvalue weighted by Crippen LogP contribution is -2.39. The molecule has 1 aliphatic rings. The number of hydrogen-bond donors (Lipinski definition) is 1. The van der Waals surface area contributed by atoms with Gasteiger partial charge in [-0.05, 0) is 42.7 Å². The Hall–Kier alpha value is -1.75. The van der Waals surface area contributed by atoms with Gasteiger partial charge in [0.15, 0.2) is 0 Å². The molecule has 130 valence electrons. The van der Waals surface area contributed by atoms with Gasteiger partial charge in [-0.1, -0.05) is 41.4 Å². The molecular formula is C19H19Cl2N3O. The van der Waals surface area contributed by atoms with Crippen molar-refractivity contribution >= 4 is 40.2 Å². The number of anilines is 1. The average molecular weight is 376 g/mol. The van der Waals surface area contributed by atoms with Crippen LogP contribution in [-0.2, 0) is 6.54 Å². The summed E-state index contributed by atoms with van der Waals surface area (Å²) in [5, 5.41) is 11.3. The van der Waals surface area contributed by atoms with Crippen LogP contribution < -0.4 is 4.90 Å². The third-order valence-electron chi connectivity index (χ3n) is 4.66. The quantitative estimate of drug-likeness (QED) is 0.739. The molecular weight excluding hydrogens is 357 g/mol. The van der Waals surface area contributed by atoms with Crippen molar-refractivity contribution in [2.75, 3.05) is 18.0 Å². The molecule has 0 saturated carbocycles. The number of aromatic nitrogens is 2. The Morgan fingerprint density at radius 1 is 1.16 bits per heavy atom. The molecule has 4 rings (SSSR count). The highest BCUT2D eigenvalue weighted by Crippen LogP contribution is 2.29. The molecule has 3 aromatic rings. The van der Waals surface area contributed by atoms with E-state index in [0.29, 0.717) is 23.1 Å². The van der Waals surface area contributed by atoms with E-state index in [1.807, 2.05) is 30.3 Å². The van der Waals surface area contributed by atoms with E-state index < -0.39 is 0 Å². The fourth-order valence-electron chi connectivity index (χ4n) is 3.42. The Balaban J connectivity index is 1.79. The van der Waals surface area contributed by atoms with Crippen LogP contribution in [0, 0.1) is 0 Å². The molecule has 1 aliphatic heterocycles. The molecule has 0 aliphatic carbocycles. The summed E-state index contributed by atoms with van der Waals surface area (Å²) in [4.78, 5) is 6.99. The number of imidazole rings is 1. The van der Waals surface area contributed by atoms with Crippen molar-refractivity contribution in [3.63, 3.8) is 0 Å². The van der Waals surface area contributed by atoms with E-state index in [0.717, 1.165) is 41.9 Å². The van der Waals surface area contributed by atoms with E-state index in [1.54, 1.807) is 6.07 Å². The highest BCUT2D eigenvalue weighted by molar-refractivity contribution is 6.35. The number of aliphatic hydroxyl groups excluding tert-OH is 1. The first kappa shape index (κ1) is 16.7. The number of nitrogens with zero attached hydrogens (tertiary/aromatic N) is 3. The molecule has 0 radical (unpaired) electrons. The van der Waals surface area contributed by atoms with Crippen LogP contribution in [-0.4, -0.2) is 33.9 Å². The molecule has 2 aromatic carbocycles. The van der Waals surface area contributed by atoms with Gasteiger partial charge in [0.05, 0.1) is 23.7 Å². The zero-order valence-electron chi connectivity index (χ0n) is 13.7. The fourth-order valence-corrected chi connectivity index (χ4v) is 3.88. The van der Waals surface area contributed by atoms with Crippen LogP contribution in [0.4, 0.5) is 5.95 Å². The van der Waals surface area contributed by atoms with E-state index >= 15 is 0 Å². The fraction of sp³-hybridized carbons (Fsp3) is 0.316. The Morgan fingerprint density at radius 2 is 2.00 bits per heavy atom. The zero-order chi connectivity index (χ0) is 17.4. The van der Waals surface area contributed by atoms with Crippen molar-refractivity contribution in [3.05, 3.63) is 58.1 Å². The normalized spacial score (nSPS) is 18.0. The van der Waals surface area contributed by atoms with Crippen LogP contribution >= 0.6 is 23.2 Å². The summed E-state index contributed by atoms with van der Waals surface area (Å²) in [5.74, 6) is 0.881. The number of para-hydroxylation sites is 2. The zero-order valence-corrected chi connectivity index (χ0v) is 15.2. The number of rotatable bonds is 3. The molecule has 2 heterocycles. The van der Waals surface area contributed by atoms with Gasteiger partial charge in [0.1, 0.15) is 0 Å². The Labute approximate surface area is 156 Å². The minimum Gasteiger partial charge on any atom is -0.391 e. The first-order valence-corrected chi connectivity index (χ1v) is 9.19. The van der Waals surface area contributed by atoms with Crippen LogP contribution in [0.2, 0.25) is 10.0 Å². The van der Waals surface area contributed by atoms with Crippen molar-refractivity contribution in [1.82, 2.24) is 9.55 Å². The van der Waals surface area contributed by atoms with Gasteiger partial charge in [0.2, 0.25) is 5.95 Å². The molecule has 6 heteroatoms. The van der Waals surface area contributed by atoms with Crippen LogP contribution in [0.25, 0.3) is 11.0 Å². The summed E-state index contributed by atoms with van der Waals surface area (Å²) in [7, 11) is 0. The summed E-state index contributed by atoms with van der Waals surface area (Å²) in [6.45, 7) is 2.12. The van der Waals surface area contributed by atoms with Crippen molar-refractivity contribution in [3.8, 4) is 0 Å². The van der Waals surface area contributed by atoms with E-state index in [4.69, 9.17) is 28.2 Å². The van der Waals surface area contributed by atoms with Crippen LogP contribution in [0.15, 0.2) is 42.5 Å². The third-order valence-corrected chi connectivity index (χ3v) is 5.24. The minimum atomic E-state index is -0.305. The van der Waals surface area contributed by atoms with Crippen molar-refractivity contribution in [2.45, 2.75) is 25.5 Å². The summed E-state index contributed by atoms with van der Waals surface area (Å²) < 4.78 is 2.17. The largest absolute Gasteiger partial charge is 0.391 e. The van der Waals surface area contributed by atoms with Gasteiger partial charge in [0.25, 0.3) is 0 Å². The molecule has 0 spiro atoms. The van der Waals surface area contributed by atoms with Gasteiger partial charge in [-0.15, -0.1) is 0 Å². The second-order valence-electron chi connectivity index (χ2n) is 6.46. The molecule has 4 nitrogen and oxygen atoms in total. The predicted octanol–water partition coefficient (Wildman–Crippen LogP) is 4.35. The Kier molecular flexibility index (Phi) is 4.59. The minimum absolute atomic E-state index is 0.305. The smallest absolute Gasteiger partial charge is 0.206 e. The standard InChI is InChI=1S/C19H19Cl2N3O/c20-14-8-7-13(16(21)10-14)11-24-18-6-2-1-5-17(18)22-19(24)23-9-3-4-15(25)12-23/h1-2,5-8,10,15,25H,3-4,9,11-12H2/t15-/m0/s1. The highest BCUT2D eigenvalue weighted by atomic mass is 35.5. The van der Waals surface area contributed by atoms with Crippen LogP contribution in [0.5, 0.6) is 0 Å². The summed E-state index contributed by atoms with van der Waals surface area (Å²) in [6.07, 6.45) is 1.51. The second kappa shape index (κ2) is 6.87. The monoisotopic (exact) mass is 375 g/mol. The molecule has 25 heavy (non-hydrogen) atoms. The maximum atomic E-state index is 10.1. The summed E-state index contributed by atoms with van der Waals surface area (Å²) >= 11 is 12.4. The number of β-amino-alcohol motifs (C(OH)–C–C–N with tert-alkyl or cyclic N) is 1. The van der Waals surface area contributed by atoms with Gasteiger partial charge in [-0.25, -0.2) is 4.98 Å². The molecule has 0 unspecified atom stereocenters. The first-order valence-electron chi connectivity index (χ1n) is 8.44. The maximum absolute atomic E-state index is 10.1. The molecule has 1 atom stereocenters. The average Bonchev–Trinajstić information content (AvgIpc) is 2.96. The van der Waals surface area contributed by atoms with Gasteiger partial charge >= 0.3 is 0 Å². The van der Waals surface area contributed by atoms with Crippen molar-refractivity contribution in [2.24, 2.45) is 0 Å². The molecule has 1 fully saturated rings. The van der Waals surface area contributed by atoms with Gasteiger partial charge in [-0.2, -0.15) is 0 Å². The third kappa shape index (κ3) is 3.34. The lowest BCUT2D eigenvalue weighted by molar-refractivity contribution is 0.153. The molecule has 0 amide bonds. The SMILES string of the molecule is O[C@H]1CCCN(c2nc3ccccc3n2Cc2ccc(Cl)cc2Cl)C1. The highest BCUT2D eigenvalue weighted by Gasteiger charge is 2.23. The number of halogens is 2. The van der Waals surface area contributed by atoms with Crippen LogP contribution in [0.3, 0.4) is 0 Å². The van der Waals surface area contributed by atoms with E-state index in [1.165, 1.54) is 0 Å². The lowest BCUT2D eigenvalue weighted by Gasteiger charge is -2.31.